The van der Waals surface area contributed by atoms with E-state index in [-0.39, 0.29) is 0 Å². The summed E-state index contributed by atoms with van der Waals surface area (Å²) in [6.45, 7) is 7.36. The molecule has 1 atom stereocenters. The maximum absolute atomic E-state index is 4.65. The molecular formula is C17H30N4. The van der Waals surface area contributed by atoms with Gasteiger partial charge in [-0.1, -0.05) is 33.1 Å². The highest BCUT2D eigenvalue weighted by molar-refractivity contribution is 5.48. The van der Waals surface area contributed by atoms with Crippen LogP contribution in [0.3, 0.4) is 0 Å². The molecule has 2 rings (SSSR count). The zero-order valence-corrected chi connectivity index (χ0v) is 13.8. The van der Waals surface area contributed by atoms with E-state index < -0.39 is 0 Å². The van der Waals surface area contributed by atoms with Gasteiger partial charge < -0.3 is 10.6 Å². The number of nitrogens with one attached hydrogen (secondary N) is 2. The van der Waals surface area contributed by atoms with Gasteiger partial charge in [0.15, 0.2) is 0 Å². The van der Waals surface area contributed by atoms with Crippen molar-refractivity contribution in [1.29, 1.82) is 0 Å². The molecule has 1 unspecified atom stereocenters. The molecule has 2 N–H and O–H groups in total. The number of aromatic nitrogens is 2. The van der Waals surface area contributed by atoms with E-state index in [2.05, 4.69) is 41.4 Å². The Morgan fingerprint density at radius 2 is 1.81 bits per heavy atom. The smallest absolute Gasteiger partial charge is 0.132 e. The summed E-state index contributed by atoms with van der Waals surface area (Å²) in [5, 5.41) is 6.98. The molecule has 1 aromatic rings. The Morgan fingerprint density at radius 3 is 2.43 bits per heavy atom. The molecule has 0 amide bonds. The molecule has 0 saturated heterocycles. The minimum Gasteiger partial charge on any atom is -0.370 e. The van der Waals surface area contributed by atoms with Crippen LogP contribution in [0, 0.1) is 5.92 Å². The Morgan fingerprint density at radius 1 is 1.10 bits per heavy atom. The van der Waals surface area contributed by atoms with Gasteiger partial charge in [0, 0.05) is 25.1 Å². The van der Waals surface area contributed by atoms with Gasteiger partial charge in [-0.25, -0.2) is 9.97 Å². The van der Waals surface area contributed by atoms with E-state index >= 15 is 0 Å². The lowest BCUT2D eigenvalue weighted by atomic mass is 9.83. The van der Waals surface area contributed by atoms with Crippen LogP contribution in [0.2, 0.25) is 0 Å². The van der Waals surface area contributed by atoms with E-state index in [1.54, 1.807) is 0 Å². The summed E-state index contributed by atoms with van der Waals surface area (Å²) in [5.41, 5.74) is 0. The van der Waals surface area contributed by atoms with Crippen molar-refractivity contribution in [3.05, 3.63) is 11.9 Å². The van der Waals surface area contributed by atoms with Crippen molar-refractivity contribution in [1.82, 2.24) is 9.97 Å². The van der Waals surface area contributed by atoms with Crippen LogP contribution < -0.4 is 10.6 Å². The predicted octanol–water partition coefficient (Wildman–Crippen LogP) is 4.24. The number of hydrogen-bond donors (Lipinski definition) is 2. The van der Waals surface area contributed by atoms with Gasteiger partial charge in [0.2, 0.25) is 0 Å². The molecular weight excluding hydrogens is 260 g/mol. The van der Waals surface area contributed by atoms with Gasteiger partial charge in [-0.05, 0) is 32.1 Å². The first-order valence-electron chi connectivity index (χ1n) is 8.65. The van der Waals surface area contributed by atoms with E-state index in [1.807, 2.05) is 6.07 Å². The van der Waals surface area contributed by atoms with Gasteiger partial charge in [-0.15, -0.1) is 0 Å². The second-order valence-corrected chi connectivity index (χ2v) is 6.00. The summed E-state index contributed by atoms with van der Waals surface area (Å²) in [6.07, 6.45) is 8.92. The third kappa shape index (κ3) is 4.58. The van der Waals surface area contributed by atoms with E-state index in [4.69, 9.17) is 0 Å². The molecule has 1 saturated carbocycles. The lowest BCUT2D eigenvalue weighted by Gasteiger charge is -2.30. The van der Waals surface area contributed by atoms with Crippen molar-refractivity contribution in [2.45, 2.75) is 71.8 Å². The molecule has 0 spiro atoms. The highest BCUT2D eigenvalue weighted by atomic mass is 15.1. The third-order valence-electron chi connectivity index (χ3n) is 4.44. The first-order chi connectivity index (χ1) is 10.3. The standard InChI is InChI=1S/C17H30N4/c1-4-14(13-10-8-7-9-11-13)19-17-12-16(18-6-3)20-15(5-2)21-17/h12-14H,4-11H2,1-3H3,(H2,18,19,20,21). The minimum absolute atomic E-state index is 0.541. The van der Waals surface area contributed by atoms with Crippen molar-refractivity contribution in [2.75, 3.05) is 17.2 Å². The first kappa shape index (κ1) is 16.1. The average molecular weight is 290 g/mol. The lowest BCUT2D eigenvalue weighted by Crippen LogP contribution is -2.30. The summed E-state index contributed by atoms with van der Waals surface area (Å²) >= 11 is 0. The van der Waals surface area contributed by atoms with Crippen molar-refractivity contribution < 1.29 is 0 Å². The second-order valence-electron chi connectivity index (χ2n) is 6.00. The monoisotopic (exact) mass is 290 g/mol. The minimum atomic E-state index is 0.541. The number of hydrogen-bond acceptors (Lipinski definition) is 4. The van der Waals surface area contributed by atoms with Gasteiger partial charge in [-0.3, -0.25) is 0 Å². The molecule has 1 heterocycles. The number of anilines is 2. The first-order valence-corrected chi connectivity index (χ1v) is 8.65. The average Bonchev–Trinajstić information content (AvgIpc) is 2.53. The maximum Gasteiger partial charge on any atom is 0.132 e. The molecule has 1 aromatic heterocycles. The van der Waals surface area contributed by atoms with Crippen molar-refractivity contribution in [3.63, 3.8) is 0 Å². The summed E-state index contributed by atoms with van der Waals surface area (Å²) in [5.74, 6) is 3.63. The van der Waals surface area contributed by atoms with E-state index in [9.17, 15) is 0 Å². The number of rotatable bonds is 7. The lowest BCUT2D eigenvalue weighted by molar-refractivity contribution is 0.312. The normalized spacial score (nSPS) is 17.5. The predicted molar refractivity (Wildman–Crippen MR) is 89.9 cm³/mol. The number of aryl methyl sites for hydroxylation is 1. The highest BCUT2D eigenvalue weighted by Crippen LogP contribution is 2.29. The fourth-order valence-electron chi connectivity index (χ4n) is 3.28. The van der Waals surface area contributed by atoms with Crippen molar-refractivity contribution in [3.8, 4) is 0 Å². The molecule has 0 aromatic carbocycles. The molecule has 21 heavy (non-hydrogen) atoms. The molecule has 4 nitrogen and oxygen atoms in total. The van der Waals surface area contributed by atoms with Crippen LogP contribution in [0.15, 0.2) is 6.07 Å². The van der Waals surface area contributed by atoms with E-state index in [1.165, 1.54) is 32.1 Å². The van der Waals surface area contributed by atoms with Crippen LogP contribution in [0.5, 0.6) is 0 Å². The third-order valence-corrected chi connectivity index (χ3v) is 4.44. The molecule has 118 valence electrons. The summed E-state index contributed by atoms with van der Waals surface area (Å²) in [7, 11) is 0. The summed E-state index contributed by atoms with van der Waals surface area (Å²) < 4.78 is 0. The molecule has 1 aliphatic carbocycles. The van der Waals surface area contributed by atoms with Gasteiger partial charge in [0.1, 0.15) is 17.5 Å². The molecule has 0 aliphatic heterocycles. The van der Waals surface area contributed by atoms with Crippen LogP contribution in [-0.2, 0) is 6.42 Å². The van der Waals surface area contributed by atoms with Gasteiger partial charge in [0.25, 0.3) is 0 Å². The SMILES string of the molecule is CCNc1cc(NC(CC)C2CCCCC2)nc(CC)n1. The van der Waals surface area contributed by atoms with Crippen molar-refractivity contribution >= 4 is 11.6 Å². The van der Waals surface area contributed by atoms with Gasteiger partial charge in [0.05, 0.1) is 0 Å². The Bertz CT molecular complexity index is 427. The zero-order chi connectivity index (χ0) is 15.1. The topological polar surface area (TPSA) is 49.8 Å². The largest absolute Gasteiger partial charge is 0.370 e. The zero-order valence-electron chi connectivity index (χ0n) is 13.8. The van der Waals surface area contributed by atoms with Crippen LogP contribution in [0.4, 0.5) is 11.6 Å². The Hall–Kier alpha value is -1.32. The highest BCUT2D eigenvalue weighted by Gasteiger charge is 2.22. The maximum atomic E-state index is 4.65. The van der Waals surface area contributed by atoms with Gasteiger partial charge in [-0.2, -0.15) is 0 Å². The molecule has 4 heteroatoms. The van der Waals surface area contributed by atoms with E-state index in [0.717, 1.165) is 42.8 Å². The molecule has 0 bridgehead atoms. The van der Waals surface area contributed by atoms with E-state index in [0.29, 0.717) is 6.04 Å². The molecule has 1 fully saturated rings. The van der Waals surface area contributed by atoms with Crippen LogP contribution in [0.25, 0.3) is 0 Å². The van der Waals surface area contributed by atoms with Crippen LogP contribution >= 0.6 is 0 Å². The molecule has 1 aliphatic rings. The van der Waals surface area contributed by atoms with Gasteiger partial charge >= 0.3 is 0 Å². The summed E-state index contributed by atoms with van der Waals surface area (Å²) in [6, 6.07) is 2.59. The fourth-order valence-corrected chi connectivity index (χ4v) is 3.28. The van der Waals surface area contributed by atoms with Crippen LogP contribution in [-0.4, -0.2) is 22.6 Å². The molecule has 0 radical (unpaired) electrons. The van der Waals surface area contributed by atoms with Crippen LogP contribution in [0.1, 0.15) is 65.1 Å². The fraction of sp³-hybridized carbons (Fsp3) is 0.765. The number of nitrogens with zero attached hydrogens (tertiary/aromatic N) is 2. The van der Waals surface area contributed by atoms with Crippen molar-refractivity contribution in [2.24, 2.45) is 5.92 Å². The Balaban J connectivity index is 2.09. The quantitative estimate of drug-likeness (QED) is 0.788. The Labute approximate surface area is 129 Å². The summed E-state index contributed by atoms with van der Waals surface area (Å²) in [4.78, 5) is 9.18. The Kier molecular flexibility index (Phi) is 6.27. The second kappa shape index (κ2) is 8.20.